The van der Waals surface area contributed by atoms with Crippen LogP contribution in [0.4, 0.5) is 4.79 Å². The fraction of sp³-hybridized carbons (Fsp3) is 0.632. The number of amides is 1. The molecule has 0 fully saturated rings. The van der Waals surface area contributed by atoms with Crippen LogP contribution in [-0.2, 0) is 11.2 Å². The summed E-state index contributed by atoms with van der Waals surface area (Å²) in [6.07, 6.45) is 1.65. The third-order valence-electron chi connectivity index (χ3n) is 4.16. The summed E-state index contributed by atoms with van der Waals surface area (Å²) < 4.78 is 5.23. The second-order valence-electron chi connectivity index (χ2n) is 8.03. The molecular weight excluding hydrogens is 288 g/mol. The van der Waals surface area contributed by atoms with Gasteiger partial charge in [-0.15, -0.1) is 0 Å². The molecular formula is C19H30N2O2. The highest BCUT2D eigenvalue weighted by molar-refractivity contribution is 5.67. The van der Waals surface area contributed by atoms with Crippen molar-refractivity contribution in [3.05, 3.63) is 35.4 Å². The first-order valence-electron chi connectivity index (χ1n) is 8.47. The molecule has 0 bridgehead atoms. The van der Waals surface area contributed by atoms with E-state index in [1.807, 2.05) is 20.8 Å². The van der Waals surface area contributed by atoms with Crippen molar-refractivity contribution in [2.75, 3.05) is 13.1 Å². The van der Waals surface area contributed by atoms with Crippen LogP contribution in [-0.4, -0.2) is 24.8 Å². The first-order valence-corrected chi connectivity index (χ1v) is 8.47. The zero-order valence-corrected chi connectivity index (χ0v) is 15.0. The maximum Gasteiger partial charge on any atom is 0.407 e. The van der Waals surface area contributed by atoms with Gasteiger partial charge in [-0.05, 0) is 56.7 Å². The van der Waals surface area contributed by atoms with Gasteiger partial charge in [0.05, 0.1) is 0 Å². The van der Waals surface area contributed by atoms with E-state index in [0.717, 1.165) is 19.4 Å². The lowest BCUT2D eigenvalue weighted by molar-refractivity contribution is 0.0527. The van der Waals surface area contributed by atoms with Crippen LogP contribution in [0.25, 0.3) is 0 Å². The Morgan fingerprint density at radius 3 is 2.65 bits per heavy atom. The van der Waals surface area contributed by atoms with E-state index in [1.54, 1.807) is 0 Å². The highest BCUT2D eigenvalue weighted by atomic mass is 16.6. The van der Waals surface area contributed by atoms with Gasteiger partial charge in [-0.3, -0.25) is 0 Å². The van der Waals surface area contributed by atoms with Crippen LogP contribution in [0.1, 0.15) is 58.2 Å². The molecule has 2 rings (SSSR count). The van der Waals surface area contributed by atoms with Gasteiger partial charge in [0.1, 0.15) is 5.60 Å². The Bertz CT molecular complexity index is 547. The molecule has 1 aromatic carbocycles. The smallest absolute Gasteiger partial charge is 0.407 e. The van der Waals surface area contributed by atoms with Crippen molar-refractivity contribution >= 4 is 6.09 Å². The lowest BCUT2D eigenvalue weighted by atomic mass is 9.85. The molecule has 2 N–H and O–H groups in total. The Morgan fingerprint density at radius 2 is 1.96 bits per heavy atom. The minimum absolute atomic E-state index is 0.224. The van der Waals surface area contributed by atoms with Gasteiger partial charge in [-0.1, -0.05) is 38.1 Å². The number of carbonyl (C=O) groups excluding carboxylic acids is 1. The van der Waals surface area contributed by atoms with E-state index in [-0.39, 0.29) is 11.5 Å². The number of hydrogen-bond donors (Lipinski definition) is 2. The van der Waals surface area contributed by atoms with Crippen LogP contribution in [0.15, 0.2) is 24.3 Å². The first kappa shape index (κ1) is 17.8. The van der Waals surface area contributed by atoms with Crippen LogP contribution >= 0.6 is 0 Å². The molecule has 0 saturated heterocycles. The van der Waals surface area contributed by atoms with E-state index in [1.165, 1.54) is 11.1 Å². The van der Waals surface area contributed by atoms with E-state index in [9.17, 15) is 4.79 Å². The second-order valence-corrected chi connectivity index (χ2v) is 8.03. The summed E-state index contributed by atoms with van der Waals surface area (Å²) in [5.41, 5.74) is 2.64. The highest BCUT2D eigenvalue weighted by Crippen LogP contribution is 2.44. The fourth-order valence-electron chi connectivity index (χ4n) is 3.22. The average Bonchev–Trinajstić information content (AvgIpc) is 2.66. The van der Waals surface area contributed by atoms with E-state index in [2.05, 4.69) is 48.7 Å². The summed E-state index contributed by atoms with van der Waals surface area (Å²) in [5.74, 6) is 0. The topological polar surface area (TPSA) is 50.4 Å². The molecule has 4 nitrogen and oxygen atoms in total. The summed E-state index contributed by atoms with van der Waals surface area (Å²) in [4.78, 5) is 11.6. The maximum atomic E-state index is 11.6. The minimum atomic E-state index is -0.445. The fourth-order valence-corrected chi connectivity index (χ4v) is 3.22. The molecule has 1 unspecified atom stereocenters. The largest absolute Gasteiger partial charge is 0.444 e. The SMILES string of the molecule is CC(C)(C)OC(=O)NCCCNC1c2ccccc2CC1(C)C. The molecule has 0 radical (unpaired) electrons. The number of benzene rings is 1. The number of fused-ring (bicyclic) bond motifs is 1. The Balaban J connectivity index is 1.75. The number of nitrogens with one attached hydrogen (secondary N) is 2. The van der Waals surface area contributed by atoms with Crippen LogP contribution < -0.4 is 10.6 Å². The molecule has 4 heteroatoms. The summed E-state index contributed by atoms with van der Waals surface area (Å²) in [6, 6.07) is 9.05. The number of ether oxygens (including phenoxy) is 1. The summed E-state index contributed by atoms with van der Waals surface area (Å²) in [6.45, 7) is 11.7. The number of rotatable bonds is 5. The molecule has 0 aliphatic heterocycles. The molecule has 23 heavy (non-hydrogen) atoms. The van der Waals surface area contributed by atoms with Crippen molar-refractivity contribution in [2.24, 2.45) is 5.41 Å². The summed E-state index contributed by atoms with van der Waals surface area (Å²) in [5, 5.41) is 6.46. The van der Waals surface area contributed by atoms with Gasteiger partial charge >= 0.3 is 6.09 Å². The van der Waals surface area contributed by atoms with Gasteiger partial charge < -0.3 is 15.4 Å². The molecule has 0 spiro atoms. The van der Waals surface area contributed by atoms with Gasteiger partial charge in [-0.25, -0.2) is 4.79 Å². The van der Waals surface area contributed by atoms with Crippen LogP contribution in [0.2, 0.25) is 0 Å². The molecule has 0 heterocycles. The van der Waals surface area contributed by atoms with Gasteiger partial charge in [0, 0.05) is 12.6 Å². The Hall–Kier alpha value is -1.55. The first-order chi connectivity index (χ1) is 10.7. The van der Waals surface area contributed by atoms with Crippen molar-refractivity contribution in [2.45, 2.75) is 59.1 Å². The normalized spacial score (nSPS) is 19.3. The van der Waals surface area contributed by atoms with E-state index in [4.69, 9.17) is 4.74 Å². The van der Waals surface area contributed by atoms with E-state index in [0.29, 0.717) is 12.6 Å². The molecule has 0 aromatic heterocycles. The summed E-state index contributed by atoms with van der Waals surface area (Å²) in [7, 11) is 0. The Labute approximate surface area is 140 Å². The molecule has 1 aliphatic carbocycles. The van der Waals surface area contributed by atoms with Gasteiger partial charge in [-0.2, -0.15) is 0 Å². The molecule has 128 valence electrons. The van der Waals surface area contributed by atoms with Crippen molar-refractivity contribution in [3.8, 4) is 0 Å². The van der Waals surface area contributed by atoms with Crippen LogP contribution in [0.5, 0.6) is 0 Å². The molecule has 1 aromatic rings. The Morgan fingerprint density at radius 1 is 1.26 bits per heavy atom. The van der Waals surface area contributed by atoms with E-state index >= 15 is 0 Å². The lowest BCUT2D eigenvalue weighted by Gasteiger charge is -2.28. The highest BCUT2D eigenvalue weighted by Gasteiger charge is 2.37. The average molecular weight is 318 g/mol. The van der Waals surface area contributed by atoms with E-state index < -0.39 is 5.60 Å². The quantitative estimate of drug-likeness (QED) is 0.812. The van der Waals surface area contributed by atoms with Crippen LogP contribution in [0, 0.1) is 5.41 Å². The lowest BCUT2D eigenvalue weighted by Crippen LogP contribution is -2.35. The van der Waals surface area contributed by atoms with Crippen LogP contribution in [0.3, 0.4) is 0 Å². The van der Waals surface area contributed by atoms with Crippen molar-refractivity contribution in [1.82, 2.24) is 10.6 Å². The van der Waals surface area contributed by atoms with Crippen molar-refractivity contribution in [3.63, 3.8) is 0 Å². The van der Waals surface area contributed by atoms with Crippen molar-refractivity contribution in [1.29, 1.82) is 0 Å². The van der Waals surface area contributed by atoms with Gasteiger partial charge in [0.25, 0.3) is 0 Å². The predicted octanol–water partition coefficient (Wildman–Crippen LogP) is 3.81. The zero-order valence-electron chi connectivity index (χ0n) is 15.0. The molecule has 0 saturated carbocycles. The predicted molar refractivity (Wildman–Crippen MR) is 93.5 cm³/mol. The molecule has 1 amide bonds. The Kier molecular flexibility index (Phi) is 5.35. The number of alkyl carbamates (subject to hydrolysis) is 1. The van der Waals surface area contributed by atoms with Gasteiger partial charge in [0.15, 0.2) is 0 Å². The second kappa shape index (κ2) is 6.91. The minimum Gasteiger partial charge on any atom is -0.444 e. The monoisotopic (exact) mass is 318 g/mol. The van der Waals surface area contributed by atoms with Gasteiger partial charge in [0.2, 0.25) is 0 Å². The molecule has 1 atom stereocenters. The standard InChI is InChI=1S/C19H30N2O2/c1-18(2,3)23-17(22)21-12-8-11-20-16-15-10-7-6-9-14(15)13-19(16,4)5/h6-7,9-10,16,20H,8,11-13H2,1-5H3,(H,21,22). The molecule has 1 aliphatic rings. The number of hydrogen-bond acceptors (Lipinski definition) is 3. The third kappa shape index (κ3) is 4.96. The third-order valence-corrected chi connectivity index (χ3v) is 4.16. The maximum absolute atomic E-state index is 11.6. The zero-order chi connectivity index (χ0) is 17.1. The number of carbonyl (C=O) groups is 1. The summed E-state index contributed by atoms with van der Waals surface area (Å²) >= 11 is 0. The van der Waals surface area contributed by atoms with Crippen molar-refractivity contribution < 1.29 is 9.53 Å².